The Morgan fingerprint density at radius 3 is 2.20 bits per heavy atom. The summed E-state index contributed by atoms with van der Waals surface area (Å²) in [7, 11) is 0. The van der Waals surface area contributed by atoms with Gasteiger partial charge in [0.15, 0.2) is 0 Å². The van der Waals surface area contributed by atoms with Crippen molar-refractivity contribution in [1.82, 2.24) is 0 Å². The Morgan fingerprint density at radius 2 is 1.56 bits per heavy atom. The Kier molecular flexibility index (Phi) is 8.03. The van der Waals surface area contributed by atoms with Gasteiger partial charge in [-0.3, -0.25) is 0 Å². The molecule has 2 rings (SSSR count). The molecule has 0 radical (unpaired) electrons. The Hall–Kier alpha value is -2.29. The minimum absolute atomic E-state index is 0.323. The van der Waals surface area contributed by atoms with Crippen molar-refractivity contribution in [3.63, 3.8) is 0 Å². The number of benzene rings is 2. The largest absolute Gasteiger partial charge is 0.507 e. The standard InChI is InChI=1S/C22H29NO2/c1-2-3-4-5-6-7-8-9-18-12-15-21(22(24)16-18)20-13-10-19(11-14-20)17-23-25/h10-17,24-25H,2-9H2,1H3. The molecule has 0 atom stereocenters. The van der Waals surface area contributed by atoms with Gasteiger partial charge >= 0.3 is 0 Å². The van der Waals surface area contributed by atoms with E-state index in [9.17, 15) is 5.11 Å². The number of hydrogen-bond donors (Lipinski definition) is 2. The highest BCUT2D eigenvalue weighted by molar-refractivity contribution is 5.81. The van der Waals surface area contributed by atoms with Crippen LogP contribution < -0.4 is 0 Å². The summed E-state index contributed by atoms with van der Waals surface area (Å²) in [5, 5.41) is 21.9. The molecule has 0 fully saturated rings. The van der Waals surface area contributed by atoms with Gasteiger partial charge in [0, 0.05) is 5.56 Å². The summed E-state index contributed by atoms with van der Waals surface area (Å²) in [6.45, 7) is 2.24. The van der Waals surface area contributed by atoms with Crippen LogP contribution in [-0.4, -0.2) is 16.5 Å². The van der Waals surface area contributed by atoms with Gasteiger partial charge in [-0.25, -0.2) is 0 Å². The van der Waals surface area contributed by atoms with Gasteiger partial charge < -0.3 is 10.3 Å². The van der Waals surface area contributed by atoms with Crippen LogP contribution in [0.25, 0.3) is 11.1 Å². The molecule has 0 amide bonds. The summed E-state index contributed by atoms with van der Waals surface area (Å²) >= 11 is 0. The first kappa shape index (κ1) is 19.0. The fourth-order valence-corrected chi connectivity index (χ4v) is 3.08. The van der Waals surface area contributed by atoms with Crippen LogP contribution >= 0.6 is 0 Å². The molecule has 0 aliphatic carbocycles. The fourth-order valence-electron chi connectivity index (χ4n) is 3.08. The predicted molar refractivity (Wildman–Crippen MR) is 105 cm³/mol. The smallest absolute Gasteiger partial charge is 0.123 e. The molecule has 0 bridgehead atoms. The van der Waals surface area contributed by atoms with E-state index < -0.39 is 0 Å². The van der Waals surface area contributed by atoms with E-state index in [0.717, 1.165) is 23.1 Å². The molecule has 0 heterocycles. The highest BCUT2D eigenvalue weighted by Gasteiger charge is 2.06. The van der Waals surface area contributed by atoms with Gasteiger partial charge in [0.25, 0.3) is 0 Å². The first-order valence-corrected chi connectivity index (χ1v) is 9.34. The van der Waals surface area contributed by atoms with Crippen molar-refractivity contribution in [3.8, 4) is 16.9 Å². The van der Waals surface area contributed by atoms with Gasteiger partial charge in [-0.15, -0.1) is 0 Å². The second kappa shape index (κ2) is 10.5. The molecule has 134 valence electrons. The van der Waals surface area contributed by atoms with E-state index >= 15 is 0 Å². The third kappa shape index (κ3) is 6.26. The molecule has 3 heteroatoms. The first-order valence-electron chi connectivity index (χ1n) is 9.34. The lowest BCUT2D eigenvalue weighted by molar-refractivity contribution is 0.322. The minimum Gasteiger partial charge on any atom is -0.507 e. The van der Waals surface area contributed by atoms with Crippen molar-refractivity contribution in [1.29, 1.82) is 0 Å². The topological polar surface area (TPSA) is 52.8 Å². The van der Waals surface area contributed by atoms with E-state index in [0.29, 0.717) is 5.75 Å². The maximum Gasteiger partial charge on any atom is 0.123 e. The maximum absolute atomic E-state index is 10.4. The monoisotopic (exact) mass is 339 g/mol. The molecular weight excluding hydrogens is 310 g/mol. The molecule has 0 saturated carbocycles. The number of rotatable bonds is 10. The van der Waals surface area contributed by atoms with Crippen LogP contribution in [0.2, 0.25) is 0 Å². The molecule has 0 unspecified atom stereocenters. The average Bonchev–Trinajstić information content (AvgIpc) is 2.62. The lowest BCUT2D eigenvalue weighted by atomic mass is 9.99. The quantitative estimate of drug-likeness (QED) is 0.236. The van der Waals surface area contributed by atoms with Crippen LogP contribution in [0.3, 0.4) is 0 Å². The summed E-state index contributed by atoms with van der Waals surface area (Å²) < 4.78 is 0. The molecule has 0 spiro atoms. The fraction of sp³-hybridized carbons (Fsp3) is 0.409. The molecule has 2 aromatic carbocycles. The Morgan fingerprint density at radius 1 is 0.880 bits per heavy atom. The zero-order valence-electron chi connectivity index (χ0n) is 15.1. The second-order valence-electron chi connectivity index (χ2n) is 6.59. The highest BCUT2D eigenvalue weighted by atomic mass is 16.4. The molecule has 2 N–H and O–H groups in total. The van der Waals surface area contributed by atoms with E-state index in [1.54, 1.807) is 0 Å². The van der Waals surface area contributed by atoms with Crippen LogP contribution in [0, 0.1) is 0 Å². The number of unbranched alkanes of at least 4 members (excludes halogenated alkanes) is 6. The van der Waals surface area contributed by atoms with Crippen molar-refractivity contribution < 1.29 is 10.3 Å². The van der Waals surface area contributed by atoms with Crippen LogP contribution in [0.4, 0.5) is 0 Å². The lowest BCUT2D eigenvalue weighted by Gasteiger charge is -2.08. The Labute approximate surface area is 151 Å². The second-order valence-corrected chi connectivity index (χ2v) is 6.59. The number of hydrogen-bond acceptors (Lipinski definition) is 3. The van der Waals surface area contributed by atoms with E-state index in [2.05, 4.69) is 18.1 Å². The normalized spacial score (nSPS) is 11.2. The van der Waals surface area contributed by atoms with Gasteiger partial charge in [0.2, 0.25) is 0 Å². The van der Waals surface area contributed by atoms with Crippen molar-refractivity contribution in [2.24, 2.45) is 5.16 Å². The first-order chi connectivity index (χ1) is 12.2. The summed E-state index contributed by atoms with van der Waals surface area (Å²) in [5.41, 5.74) is 3.80. The van der Waals surface area contributed by atoms with E-state index in [4.69, 9.17) is 5.21 Å². The van der Waals surface area contributed by atoms with Gasteiger partial charge in [0.1, 0.15) is 5.75 Å². The number of aryl methyl sites for hydroxylation is 1. The molecule has 25 heavy (non-hydrogen) atoms. The Balaban J connectivity index is 1.87. The van der Waals surface area contributed by atoms with Crippen molar-refractivity contribution in [3.05, 3.63) is 53.6 Å². The summed E-state index contributed by atoms with van der Waals surface area (Å²) in [6.07, 6.45) is 11.5. The third-order valence-corrected chi connectivity index (χ3v) is 4.56. The molecule has 0 saturated heterocycles. The molecule has 3 nitrogen and oxygen atoms in total. The van der Waals surface area contributed by atoms with Crippen molar-refractivity contribution >= 4 is 6.21 Å². The van der Waals surface area contributed by atoms with Gasteiger partial charge in [-0.05, 0) is 35.6 Å². The number of nitrogens with zero attached hydrogens (tertiary/aromatic N) is 1. The molecule has 0 aliphatic rings. The number of phenolic OH excluding ortho intramolecular Hbond substituents is 1. The van der Waals surface area contributed by atoms with Crippen molar-refractivity contribution in [2.75, 3.05) is 0 Å². The van der Waals surface area contributed by atoms with Crippen LogP contribution in [0.15, 0.2) is 47.6 Å². The summed E-state index contributed by atoms with van der Waals surface area (Å²) in [4.78, 5) is 0. The van der Waals surface area contributed by atoms with Crippen LogP contribution in [-0.2, 0) is 6.42 Å². The molecule has 2 aromatic rings. The SMILES string of the molecule is CCCCCCCCCc1ccc(-c2ccc(C=NO)cc2)c(O)c1. The third-order valence-electron chi connectivity index (χ3n) is 4.56. The molecular formula is C22H29NO2. The average molecular weight is 339 g/mol. The van der Waals surface area contributed by atoms with Gasteiger partial charge in [0.05, 0.1) is 6.21 Å². The molecule has 0 aromatic heterocycles. The van der Waals surface area contributed by atoms with Crippen LogP contribution in [0.5, 0.6) is 5.75 Å². The highest BCUT2D eigenvalue weighted by Crippen LogP contribution is 2.30. The maximum atomic E-state index is 10.4. The zero-order chi connectivity index (χ0) is 17.9. The van der Waals surface area contributed by atoms with Crippen molar-refractivity contribution in [2.45, 2.75) is 58.3 Å². The van der Waals surface area contributed by atoms with Gasteiger partial charge in [-0.1, -0.05) is 87.0 Å². The Bertz CT molecular complexity index is 662. The minimum atomic E-state index is 0.323. The summed E-state index contributed by atoms with van der Waals surface area (Å²) in [5.74, 6) is 0.323. The lowest BCUT2D eigenvalue weighted by Crippen LogP contribution is -1.88. The number of oxime groups is 1. The van der Waals surface area contributed by atoms with Crippen LogP contribution in [0.1, 0.15) is 63.0 Å². The summed E-state index contributed by atoms with van der Waals surface area (Å²) in [6, 6.07) is 13.5. The number of phenols is 1. The predicted octanol–water partition coefficient (Wildman–Crippen LogP) is 6.16. The van der Waals surface area contributed by atoms with Gasteiger partial charge in [-0.2, -0.15) is 0 Å². The van der Waals surface area contributed by atoms with E-state index in [1.165, 1.54) is 56.7 Å². The number of aromatic hydroxyl groups is 1. The molecule has 0 aliphatic heterocycles. The van der Waals surface area contributed by atoms with E-state index in [-0.39, 0.29) is 0 Å². The zero-order valence-corrected chi connectivity index (χ0v) is 15.1. The van der Waals surface area contributed by atoms with E-state index in [1.807, 2.05) is 36.4 Å².